The van der Waals surface area contributed by atoms with Crippen molar-refractivity contribution in [2.75, 3.05) is 0 Å². The number of ether oxygens (including phenoxy) is 1. The third kappa shape index (κ3) is 2.19. The maximum atomic E-state index is 5.77. The molecule has 0 aliphatic heterocycles. The van der Waals surface area contributed by atoms with Crippen LogP contribution in [0.3, 0.4) is 0 Å². The molecule has 0 amide bonds. The maximum absolute atomic E-state index is 5.77. The van der Waals surface area contributed by atoms with E-state index in [1.807, 2.05) is 48.5 Å². The van der Waals surface area contributed by atoms with Crippen LogP contribution in [-0.2, 0) is 0 Å². The van der Waals surface area contributed by atoms with E-state index in [2.05, 4.69) is 25.9 Å². The van der Waals surface area contributed by atoms with E-state index in [1.54, 1.807) is 6.20 Å². The number of rotatable bonds is 2. The van der Waals surface area contributed by atoms with Crippen molar-refractivity contribution in [3.8, 4) is 11.6 Å². The fraction of sp³-hybridized carbons (Fsp3) is 0. The molecule has 88 valence electrons. The second-order valence-corrected chi connectivity index (χ2v) is 4.54. The quantitative estimate of drug-likeness (QED) is 0.666. The molecule has 0 saturated heterocycles. The number of hydrogen-bond acceptors (Lipinski definition) is 3. The zero-order chi connectivity index (χ0) is 12.4. The minimum absolute atomic E-state index is 0.544. The van der Waals surface area contributed by atoms with Gasteiger partial charge in [-0.15, -0.1) is 0 Å². The van der Waals surface area contributed by atoms with Crippen LogP contribution in [0.1, 0.15) is 0 Å². The first-order valence-electron chi connectivity index (χ1n) is 5.47. The number of hydrogen-bond donors (Lipinski definition) is 0. The fourth-order valence-electron chi connectivity index (χ4n) is 1.72. The van der Waals surface area contributed by atoms with E-state index in [-0.39, 0.29) is 0 Å². The van der Waals surface area contributed by atoms with Crippen LogP contribution in [-0.4, -0.2) is 9.97 Å². The molecule has 3 rings (SSSR count). The summed E-state index contributed by atoms with van der Waals surface area (Å²) in [5, 5.41) is 1.05. The lowest BCUT2D eigenvalue weighted by molar-refractivity contribution is 0.466. The lowest BCUT2D eigenvalue weighted by atomic mass is 10.2. The molecule has 0 aliphatic carbocycles. The zero-order valence-corrected chi connectivity index (χ0v) is 11.0. The number of nitrogens with zero attached hydrogens (tertiary/aromatic N) is 2. The molecule has 0 atom stereocenters. The standard InChI is InChI=1S/C14H9BrN2O/c15-12-7-2-8-13(17-12)18-11-6-1-4-10-5-3-9-16-14(10)11/h1-9H. The highest BCUT2D eigenvalue weighted by molar-refractivity contribution is 9.10. The van der Waals surface area contributed by atoms with Gasteiger partial charge >= 0.3 is 0 Å². The topological polar surface area (TPSA) is 35.0 Å². The van der Waals surface area contributed by atoms with E-state index in [4.69, 9.17) is 4.74 Å². The van der Waals surface area contributed by atoms with E-state index in [1.165, 1.54) is 0 Å². The molecule has 0 N–H and O–H groups in total. The molecular formula is C14H9BrN2O. The smallest absolute Gasteiger partial charge is 0.220 e. The lowest BCUT2D eigenvalue weighted by Gasteiger charge is -2.07. The van der Waals surface area contributed by atoms with Crippen molar-refractivity contribution >= 4 is 26.8 Å². The van der Waals surface area contributed by atoms with Gasteiger partial charge in [-0.05, 0) is 34.1 Å². The minimum atomic E-state index is 0.544. The molecule has 2 heterocycles. The Bertz CT molecular complexity index is 695. The predicted molar refractivity (Wildman–Crippen MR) is 73.8 cm³/mol. The summed E-state index contributed by atoms with van der Waals surface area (Å²) in [5.41, 5.74) is 0.835. The lowest BCUT2D eigenvalue weighted by Crippen LogP contribution is -1.90. The number of aromatic nitrogens is 2. The molecule has 1 aromatic carbocycles. The Morgan fingerprint density at radius 1 is 0.944 bits per heavy atom. The molecular weight excluding hydrogens is 292 g/mol. The van der Waals surface area contributed by atoms with Gasteiger partial charge in [0.2, 0.25) is 5.88 Å². The highest BCUT2D eigenvalue weighted by Gasteiger charge is 2.05. The van der Waals surface area contributed by atoms with Gasteiger partial charge in [-0.3, -0.25) is 4.98 Å². The van der Waals surface area contributed by atoms with Crippen LogP contribution >= 0.6 is 15.9 Å². The average Bonchev–Trinajstić information content (AvgIpc) is 2.39. The van der Waals surface area contributed by atoms with Crippen molar-refractivity contribution in [2.24, 2.45) is 0 Å². The second-order valence-electron chi connectivity index (χ2n) is 3.73. The summed E-state index contributed by atoms with van der Waals surface area (Å²) >= 11 is 3.32. The van der Waals surface area contributed by atoms with Gasteiger partial charge in [0.25, 0.3) is 0 Å². The molecule has 2 aromatic heterocycles. The third-order valence-electron chi connectivity index (χ3n) is 2.50. The van der Waals surface area contributed by atoms with Gasteiger partial charge in [-0.2, -0.15) is 0 Å². The second kappa shape index (κ2) is 4.74. The monoisotopic (exact) mass is 300 g/mol. The van der Waals surface area contributed by atoms with Gasteiger partial charge in [0.05, 0.1) is 0 Å². The molecule has 3 aromatic rings. The molecule has 0 aliphatic rings. The first-order chi connectivity index (χ1) is 8.83. The Morgan fingerprint density at radius 2 is 1.78 bits per heavy atom. The van der Waals surface area contributed by atoms with Gasteiger partial charge in [0.1, 0.15) is 10.1 Å². The molecule has 0 fully saturated rings. The molecule has 0 bridgehead atoms. The van der Waals surface area contributed by atoms with Crippen LogP contribution in [0, 0.1) is 0 Å². The number of pyridine rings is 2. The predicted octanol–water partition coefficient (Wildman–Crippen LogP) is 4.18. The molecule has 0 unspecified atom stereocenters. The fourth-order valence-corrected chi connectivity index (χ4v) is 2.05. The molecule has 0 radical (unpaired) electrons. The van der Waals surface area contributed by atoms with Crippen molar-refractivity contribution in [1.82, 2.24) is 9.97 Å². The largest absolute Gasteiger partial charge is 0.437 e. The Morgan fingerprint density at radius 3 is 2.67 bits per heavy atom. The molecule has 18 heavy (non-hydrogen) atoms. The first kappa shape index (κ1) is 11.2. The molecule has 3 nitrogen and oxygen atoms in total. The van der Waals surface area contributed by atoms with Crippen molar-refractivity contribution in [1.29, 1.82) is 0 Å². The number of benzene rings is 1. The number of halogens is 1. The van der Waals surface area contributed by atoms with E-state index in [0.29, 0.717) is 11.6 Å². The van der Waals surface area contributed by atoms with Crippen LogP contribution in [0.5, 0.6) is 11.6 Å². The maximum Gasteiger partial charge on any atom is 0.220 e. The van der Waals surface area contributed by atoms with Crippen LogP contribution in [0.4, 0.5) is 0 Å². The van der Waals surface area contributed by atoms with Crippen LogP contribution in [0.25, 0.3) is 10.9 Å². The summed E-state index contributed by atoms with van der Waals surface area (Å²) < 4.78 is 6.51. The minimum Gasteiger partial charge on any atom is -0.437 e. The van der Waals surface area contributed by atoms with E-state index in [9.17, 15) is 0 Å². The molecule has 0 spiro atoms. The van der Waals surface area contributed by atoms with Gasteiger partial charge in [-0.25, -0.2) is 4.98 Å². The summed E-state index contributed by atoms with van der Waals surface area (Å²) in [6.45, 7) is 0. The first-order valence-corrected chi connectivity index (χ1v) is 6.26. The zero-order valence-electron chi connectivity index (χ0n) is 9.38. The van der Waals surface area contributed by atoms with E-state index >= 15 is 0 Å². The van der Waals surface area contributed by atoms with E-state index < -0.39 is 0 Å². The van der Waals surface area contributed by atoms with Crippen molar-refractivity contribution < 1.29 is 4.74 Å². The number of fused-ring (bicyclic) bond motifs is 1. The summed E-state index contributed by atoms with van der Waals surface area (Å²) in [6, 6.07) is 15.3. The van der Waals surface area contributed by atoms with Gasteiger partial charge < -0.3 is 4.74 Å². The number of para-hydroxylation sites is 1. The Kier molecular flexibility index (Phi) is 2.94. The van der Waals surface area contributed by atoms with Crippen molar-refractivity contribution in [2.45, 2.75) is 0 Å². The van der Waals surface area contributed by atoms with Crippen LogP contribution < -0.4 is 4.74 Å². The normalized spacial score (nSPS) is 10.5. The molecule has 0 saturated carbocycles. The summed E-state index contributed by atoms with van der Waals surface area (Å²) in [4.78, 5) is 8.58. The summed E-state index contributed by atoms with van der Waals surface area (Å²) in [7, 11) is 0. The Balaban J connectivity index is 2.05. The third-order valence-corrected chi connectivity index (χ3v) is 2.94. The summed E-state index contributed by atoms with van der Waals surface area (Å²) in [5.74, 6) is 1.25. The highest BCUT2D eigenvalue weighted by atomic mass is 79.9. The van der Waals surface area contributed by atoms with Crippen molar-refractivity contribution in [3.05, 3.63) is 59.3 Å². The Hall–Kier alpha value is -1.94. The Labute approximate surface area is 113 Å². The highest BCUT2D eigenvalue weighted by Crippen LogP contribution is 2.27. The van der Waals surface area contributed by atoms with Crippen LogP contribution in [0.15, 0.2) is 59.3 Å². The summed E-state index contributed by atoms with van der Waals surface area (Å²) in [6.07, 6.45) is 1.75. The van der Waals surface area contributed by atoms with Gasteiger partial charge in [-0.1, -0.05) is 24.3 Å². The van der Waals surface area contributed by atoms with E-state index in [0.717, 1.165) is 15.5 Å². The van der Waals surface area contributed by atoms with Crippen LogP contribution in [0.2, 0.25) is 0 Å². The van der Waals surface area contributed by atoms with Gasteiger partial charge in [0, 0.05) is 17.6 Å². The van der Waals surface area contributed by atoms with Crippen molar-refractivity contribution in [3.63, 3.8) is 0 Å². The molecule has 4 heteroatoms. The van der Waals surface area contributed by atoms with Gasteiger partial charge in [0.15, 0.2) is 5.75 Å². The SMILES string of the molecule is Brc1cccc(Oc2cccc3cccnc23)n1. The average molecular weight is 301 g/mol.